The predicted octanol–water partition coefficient (Wildman–Crippen LogP) is 4.33. The van der Waals surface area contributed by atoms with Gasteiger partial charge in [0.25, 0.3) is 5.91 Å². The van der Waals surface area contributed by atoms with E-state index >= 15 is 0 Å². The van der Waals surface area contributed by atoms with E-state index in [0.29, 0.717) is 37.2 Å². The summed E-state index contributed by atoms with van der Waals surface area (Å²) >= 11 is 0. The van der Waals surface area contributed by atoms with Gasteiger partial charge >= 0.3 is 5.69 Å². The topological polar surface area (TPSA) is 88.8 Å². The Kier molecular flexibility index (Phi) is 5.63. The molecule has 8 nitrogen and oxygen atoms in total. The molecule has 10 heteroatoms. The second kappa shape index (κ2) is 9.12. The van der Waals surface area contributed by atoms with Gasteiger partial charge in [-0.25, -0.2) is 18.3 Å². The highest BCUT2D eigenvalue weighted by Crippen LogP contribution is 2.28. The second-order valence-electron chi connectivity index (χ2n) is 9.00. The minimum atomic E-state index is -0.789. The molecule has 0 aliphatic carbocycles. The van der Waals surface area contributed by atoms with Gasteiger partial charge in [-0.1, -0.05) is 12.1 Å². The number of pyridine rings is 1. The number of nitrogens with zero attached hydrogens (tertiary/aromatic N) is 5. The van der Waals surface area contributed by atoms with E-state index in [9.17, 15) is 18.4 Å². The van der Waals surface area contributed by atoms with Crippen LogP contribution in [-0.4, -0.2) is 48.2 Å². The average molecular weight is 501 g/mol. The van der Waals surface area contributed by atoms with Crippen LogP contribution in [-0.2, 0) is 0 Å². The van der Waals surface area contributed by atoms with Crippen molar-refractivity contribution in [3.63, 3.8) is 0 Å². The van der Waals surface area contributed by atoms with Crippen LogP contribution in [0.2, 0.25) is 0 Å². The number of fused-ring (bicyclic) bond motifs is 1. The number of H-pyrrole nitrogens is 1. The molecule has 4 heterocycles. The van der Waals surface area contributed by atoms with Crippen molar-refractivity contribution < 1.29 is 13.6 Å². The maximum absolute atomic E-state index is 14.7. The number of benzene rings is 2. The number of rotatable bonds is 4. The van der Waals surface area contributed by atoms with Crippen LogP contribution in [0.4, 0.5) is 8.78 Å². The summed E-state index contributed by atoms with van der Waals surface area (Å²) in [6, 6.07) is 15.8. The Morgan fingerprint density at radius 3 is 2.49 bits per heavy atom. The van der Waals surface area contributed by atoms with Crippen molar-refractivity contribution in [1.82, 2.24) is 29.2 Å². The molecule has 0 spiro atoms. The van der Waals surface area contributed by atoms with Crippen LogP contribution in [0.1, 0.15) is 29.4 Å². The molecule has 1 aliphatic heterocycles. The molecule has 0 unspecified atom stereocenters. The van der Waals surface area contributed by atoms with E-state index in [-0.39, 0.29) is 29.0 Å². The molecule has 0 radical (unpaired) electrons. The number of carbonyl (C=O) groups excluding carboxylic acids is 1. The molecule has 0 atom stereocenters. The van der Waals surface area contributed by atoms with Crippen molar-refractivity contribution in [2.24, 2.45) is 0 Å². The number of amides is 1. The lowest BCUT2D eigenvalue weighted by atomic mass is 10.0. The summed E-state index contributed by atoms with van der Waals surface area (Å²) < 4.78 is 31.3. The van der Waals surface area contributed by atoms with Crippen LogP contribution in [0, 0.1) is 11.6 Å². The number of likely N-dealkylation sites (tertiary alicyclic amines) is 1. The summed E-state index contributed by atoms with van der Waals surface area (Å²) in [5.41, 5.74) is 2.82. The van der Waals surface area contributed by atoms with Gasteiger partial charge in [0.05, 0.1) is 16.7 Å². The highest BCUT2D eigenvalue weighted by atomic mass is 19.1. The highest BCUT2D eigenvalue weighted by Gasteiger charge is 2.29. The number of halogens is 2. The summed E-state index contributed by atoms with van der Waals surface area (Å²) in [4.78, 5) is 34.6. The van der Waals surface area contributed by atoms with Crippen LogP contribution in [0.15, 0.2) is 77.9 Å². The fourth-order valence-corrected chi connectivity index (χ4v) is 4.98. The maximum atomic E-state index is 14.7. The molecule has 6 rings (SSSR count). The monoisotopic (exact) mass is 500 g/mol. The van der Waals surface area contributed by atoms with E-state index < -0.39 is 11.6 Å². The second-order valence-corrected chi connectivity index (χ2v) is 9.00. The molecule has 0 bridgehead atoms. The first-order valence-electron chi connectivity index (χ1n) is 11.9. The number of aromatic amines is 1. The van der Waals surface area contributed by atoms with Crippen LogP contribution in [0.25, 0.3) is 28.0 Å². The smallest absolute Gasteiger partial charge is 0.326 e. The van der Waals surface area contributed by atoms with Gasteiger partial charge in [0.2, 0.25) is 0 Å². The van der Waals surface area contributed by atoms with E-state index in [1.165, 1.54) is 10.7 Å². The van der Waals surface area contributed by atoms with Crippen molar-refractivity contribution >= 4 is 16.9 Å². The Morgan fingerprint density at radius 1 is 0.973 bits per heavy atom. The molecule has 37 heavy (non-hydrogen) atoms. The molecule has 1 amide bonds. The number of hydrogen-bond acceptors (Lipinski definition) is 4. The van der Waals surface area contributed by atoms with Gasteiger partial charge in [-0.05, 0) is 55.3 Å². The number of carbonyl (C=O) groups is 1. The van der Waals surface area contributed by atoms with Crippen molar-refractivity contribution in [2.75, 3.05) is 13.1 Å². The normalized spacial score (nSPS) is 14.4. The summed E-state index contributed by atoms with van der Waals surface area (Å²) in [6.07, 6.45) is 4.40. The first-order chi connectivity index (χ1) is 18.0. The lowest BCUT2D eigenvalue weighted by Crippen LogP contribution is -2.40. The van der Waals surface area contributed by atoms with Crippen LogP contribution in [0.5, 0.6) is 0 Å². The van der Waals surface area contributed by atoms with Crippen molar-refractivity contribution in [2.45, 2.75) is 18.9 Å². The summed E-state index contributed by atoms with van der Waals surface area (Å²) in [5.74, 6) is -1.78. The summed E-state index contributed by atoms with van der Waals surface area (Å²) in [7, 11) is 0. The van der Waals surface area contributed by atoms with Gasteiger partial charge in [-0.2, -0.15) is 5.10 Å². The molecule has 186 valence electrons. The van der Waals surface area contributed by atoms with Crippen molar-refractivity contribution in [1.29, 1.82) is 0 Å². The van der Waals surface area contributed by atoms with Crippen LogP contribution >= 0.6 is 0 Å². The number of aromatic nitrogens is 5. The Bertz CT molecular complexity index is 1670. The zero-order chi connectivity index (χ0) is 25.5. The first kappa shape index (κ1) is 22.8. The van der Waals surface area contributed by atoms with E-state index in [2.05, 4.69) is 15.1 Å². The third-order valence-electron chi connectivity index (χ3n) is 6.78. The third kappa shape index (κ3) is 4.10. The number of imidazole rings is 1. The first-order valence-corrected chi connectivity index (χ1v) is 11.9. The Hall–Kier alpha value is -4.60. The molecule has 2 aromatic carbocycles. The Labute approximate surface area is 209 Å². The highest BCUT2D eigenvalue weighted by molar-refractivity contribution is 5.93. The molecule has 5 aromatic rings. The SMILES string of the molecule is O=C(c1cc(-c2ccncc2)n(-c2ccc(F)cc2F)n1)N1CCC(n2c(=O)[nH]c3ccccc32)CC1. The largest absolute Gasteiger partial charge is 0.337 e. The number of nitrogens with one attached hydrogen (secondary N) is 1. The molecule has 3 aromatic heterocycles. The number of para-hydroxylation sites is 2. The minimum Gasteiger partial charge on any atom is -0.337 e. The predicted molar refractivity (Wildman–Crippen MR) is 133 cm³/mol. The molecule has 1 saturated heterocycles. The lowest BCUT2D eigenvalue weighted by Gasteiger charge is -2.32. The van der Waals surface area contributed by atoms with Crippen LogP contribution in [0.3, 0.4) is 0 Å². The van der Waals surface area contributed by atoms with Gasteiger partial charge in [0.1, 0.15) is 11.5 Å². The van der Waals surface area contributed by atoms with Gasteiger partial charge in [0, 0.05) is 43.2 Å². The zero-order valence-electron chi connectivity index (χ0n) is 19.6. The third-order valence-corrected chi connectivity index (χ3v) is 6.78. The molecular formula is C27H22F2N6O2. The van der Waals surface area contributed by atoms with Crippen molar-refractivity contribution in [3.8, 4) is 16.9 Å². The van der Waals surface area contributed by atoms with Crippen molar-refractivity contribution in [3.05, 3.63) is 101 Å². The van der Waals surface area contributed by atoms with Crippen LogP contribution < -0.4 is 5.69 Å². The summed E-state index contributed by atoms with van der Waals surface area (Å²) in [6.45, 7) is 0.885. The van der Waals surface area contributed by atoms with Gasteiger partial charge in [-0.3, -0.25) is 14.3 Å². The van der Waals surface area contributed by atoms with E-state index in [0.717, 1.165) is 23.2 Å². The molecular weight excluding hydrogens is 478 g/mol. The van der Waals surface area contributed by atoms with E-state index in [1.54, 1.807) is 40.1 Å². The number of hydrogen-bond donors (Lipinski definition) is 1. The van der Waals surface area contributed by atoms with E-state index in [4.69, 9.17) is 0 Å². The minimum absolute atomic E-state index is 0.0321. The van der Waals surface area contributed by atoms with Gasteiger partial charge in [0.15, 0.2) is 11.5 Å². The quantitative estimate of drug-likeness (QED) is 0.398. The van der Waals surface area contributed by atoms with E-state index in [1.807, 2.05) is 24.3 Å². The Balaban J connectivity index is 1.29. The standard InChI is InChI=1S/C27H22F2N6O2/c28-18-5-6-23(20(29)15-18)35-25(17-7-11-30-12-8-17)16-22(32-35)26(36)33-13-9-19(10-14-33)34-24-4-2-1-3-21(24)31-27(34)37/h1-8,11-12,15-16,19H,9-10,13-14H2,(H,31,37). The lowest BCUT2D eigenvalue weighted by molar-refractivity contribution is 0.0688. The molecule has 0 saturated carbocycles. The molecule has 1 fully saturated rings. The maximum Gasteiger partial charge on any atom is 0.326 e. The molecule has 1 aliphatic rings. The summed E-state index contributed by atoms with van der Waals surface area (Å²) in [5, 5.41) is 4.43. The molecule has 1 N–H and O–H groups in total. The fourth-order valence-electron chi connectivity index (χ4n) is 4.98. The number of piperidine rings is 1. The zero-order valence-corrected chi connectivity index (χ0v) is 19.6. The van der Waals surface area contributed by atoms with Gasteiger partial charge < -0.3 is 9.88 Å². The average Bonchev–Trinajstić information content (AvgIpc) is 3.50. The van der Waals surface area contributed by atoms with Gasteiger partial charge in [-0.15, -0.1) is 0 Å². The Morgan fingerprint density at radius 2 is 1.73 bits per heavy atom. The fraction of sp³-hybridized carbons (Fsp3) is 0.185.